The molecule has 0 amide bonds. The summed E-state index contributed by atoms with van der Waals surface area (Å²) in [4.78, 5) is 4.28. The fourth-order valence-corrected chi connectivity index (χ4v) is 1.54. The van der Waals surface area contributed by atoms with E-state index in [2.05, 4.69) is 10.3 Å². The van der Waals surface area contributed by atoms with Crippen LogP contribution in [0, 0.1) is 0 Å². The van der Waals surface area contributed by atoms with Gasteiger partial charge < -0.3 is 15.2 Å². The molecule has 1 aromatic rings. The monoisotopic (exact) mass is 238 g/mol. The van der Waals surface area contributed by atoms with Crippen molar-refractivity contribution in [3.8, 4) is 5.75 Å². The lowest BCUT2D eigenvalue weighted by atomic mass is 10.2. The molecule has 0 bridgehead atoms. The molecular weight excluding hydrogens is 216 g/mol. The van der Waals surface area contributed by atoms with Crippen molar-refractivity contribution in [2.75, 3.05) is 20.3 Å². The highest BCUT2D eigenvalue weighted by molar-refractivity contribution is 5.19. The van der Waals surface area contributed by atoms with Gasteiger partial charge in [-0.1, -0.05) is 6.42 Å². The molecule has 2 N–H and O–H groups in total. The average Bonchev–Trinajstić information content (AvgIpc) is 2.36. The Morgan fingerprint density at radius 2 is 2.06 bits per heavy atom. The zero-order valence-corrected chi connectivity index (χ0v) is 10.5. The van der Waals surface area contributed by atoms with E-state index < -0.39 is 0 Å². The molecule has 0 aliphatic rings. The third-order valence-electron chi connectivity index (χ3n) is 2.48. The van der Waals surface area contributed by atoms with Crippen molar-refractivity contribution in [3.05, 3.63) is 24.0 Å². The minimum Gasteiger partial charge on any atom is -0.492 e. The molecule has 4 nitrogen and oxygen atoms in total. The predicted molar refractivity (Wildman–Crippen MR) is 68.0 cm³/mol. The van der Waals surface area contributed by atoms with Gasteiger partial charge in [-0.05, 0) is 38.4 Å². The highest BCUT2D eigenvalue weighted by Gasteiger charge is 1.96. The van der Waals surface area contributed by atoms with Crippen LogP contribution in [0.4, 0.5) is 0 Å². The van der Waals surface area contributed by atoms with Crippen LogP contribution in [-0.2, 0) is 6.54 Å². The molecule has 0 spiro atoms. The van der Waals surface area contributed by atoms with Crippen molar-refractivity contribution in [1.82, 2.24) is 10.3 Å². The van der Waals surface area contributed by atoms with Crippen LogP contribution in [0.2, 0.25) is 0 Å². The van der Waals surface area contributed by atoms with Crippen molar-refractivity contribution in [1.29, 1.82) is 0 Å². The molecule has 1 rings (SSSR count). The van der Waals surface area contributed by atoms with Gasteiger partial charge in [-0.15, -0.1) is 0 Å². The Labute approximate surface area is 103 Å². The summed E-state index contributed by atoms with van der Waals surface area (Å²) in [5.41, 5.74) is 1.02. The lowest BCUT2D eigenvalue weighted by Gasteiger charge is -2.06. The first-order valence-corrected chi connectivity index (χ1v) is 6.20. The number of unbranched alkanes of at least 4 members (excludes halogenated alkanes) is 3. The number of nitrogens with zero attached hydrogens (tertiary/aromatic N) is 1. The topological polar surface area (TPSA) is 54.4 Å². The lowest BCUT2D eigenvalue weighted by Crippen LogP contribution is -2.06. The summed E-state index contributed by atoms with van der Waals surface area (Å²) >= 11 is 0. The van der Waals surface area contributed by atoms with Gasteiger partial charge in [0, 0.05) is 13.2 Å². The number of aliphatic hydroxyl groups excluding tert-OH is 1. The second kappa shape index (κ2) is 8.96. The SMILES string of the molecule is CNCc1ccc(OCCCCCCO)cn1. The number of hydrogen-bond donors (Lipinski definition) is 2. The Bertz CT molecular complexity index is 288. The summed E-state index contributed by atoms with van der Waals surface area (Å²) in [5.74, 6) is 0.826. The quantitative estimate of drug-likeness (QED) is 0.643. The van der Waals surface area contributed by atoms with Crippen molar-refractivity contribution in [2.45, 2.75) is 32.2 Å². The molecule has 0 fully saturated rings. The molecule has 0 aliphatic carbocycles. The number of hydrogen-bond acceptors (Lipinski definition) is 4. The van der Waals surface area contributed by atoms with Gasteiger partial charge in [0.15, 0.2) is 0 Å². The van der Waals surface area contributed by atoms with E-state index in [1.807, 2.05) is 19.2 Å². The maximum atomic E-state index is 8.63. The highest BCUT2D eigenvalue weighted by atomic mass is 16.5. The van der Waals surface area contributed by atoms with Crippen LogP contribution < -0.4 is 10.1 Å². The zero-order chi connectivity index (χ0) is 12.3. The first-order chi connectivity index (χ1) is 8.36. The Kier molecular flexibility index (Phi) is 7.34. The summed E-state index contributed by atoms with van der Waals surface area (Å²) in [6, 6.07) is 3.92. The van der Waals surface area contributed by atoms with E-state index in [0.29, 0.717) is 0 Å². The molecule has 0 unspecified atom stereocenters. The minimum absolute atomic E-state index is 0.289. The number of ether oxygens (including phenoxy) is 1. The Morgan fingerprint density at radius 3 is 2.71 bits per heavy atom. The van der Waals surface area contributed by atoms with Crippen LogP contribution in [0.25, 0.3) is 0 Å². The lowest BCUT2D eigenvalue weighted by molar-refractivity contribution is 0.273. The summed E-state index contributed by atoms with van der Waals surface area (Å²) < 4.78 is 5.57. The van der Waals surface area contributed by atoms with E-state index in [0.717, 1.165) is 50.3 Å². The van der Waals surface area contributed by atoms with Crippen LogP contribution in [0.1, 0.15) is 31.4 Å². The van der Waals surface area contributed by atoms with Crippen LogP contribution in [-0.4, -0.2) is 30.4 Å². The normalized spacial score (nSPS) is 10.5. The standard InChI is InChI=1S/C13H22N2O2/c1-14-10-12-6-7-13(11-15-12)17-9-5-3-2-4-8-16/h6-7,11,14,16H,2-5,8-10H2,1H3. The Balaban J connectivity index is 2.14. The van der Waals surface area contributed by atoms with Gasteiger partial charge in [-0.25, -0.2) is 0 Å². The fourth-order valence-electron chi connectivity index (χ4n) is 1.54. The number of aliphatic hydroxyl groups is 1. The number of nitrogens with one attached hydrogen (secondary N) is 1. The van der Waals surface area contributed by atoms with Crippen LogP contribution in [0.5, 0.6) is 5.75 Å². The van der Waals surface area contributed by atoms with Gasteiger partial charge in [-0.2, -0.15) is 0 Å². The third kappa shape index (κ3) is 6.24. The molecule has 4 heteroatoms. The molecule has 17 heavy (non-hydrogen) atoms. The molecule has 1 heterocycles. The van der Waals surface area contributed by atoms with Gasteiger partial charge in [0.05, 0.1) is 18.5 Å². The number of pyridine rings is 1. The van der Waals surface area contributed by atoms with Gasteiger partial charge in [0.25, 0.3) is 0 Å². The van der Waals surface area contributed by atoms with Crippen molar-refractivity contribution in [2.24, 2.45) is 0 Å². The van der Waals surface area contributed by atoms with E-state index in [-0.39, 0.29) is 6.61 Å². The van der Waals surface area contributed by atoms with E-state index >= 15 is 0 Å². The smallest absolute Gasteiger partial charge is 0.137 e. The van der Waals surface area contributed by atoms with E-state index in [1.54, 1.807) is 6.20 Å². The molecule has 0 aliphatic heterocycles. The van der Waals surface area contributed by atoms with Crippen molar-refractivity contribution >= 4 is 0 Å². The van der Waals surface area contributed by atoms with Gasteiger partial charge in [-0.3, -0.25) is 4.98 Å². The minimum atomic E-state index is 0.289. The summed E-state index contributed by atoms with van der Waals surface area (Å²) in [6.07, 6.45) is 5.85. The summed E-state index contributed by atoms with van der Waals surface area (Å²) in [5, 5.41) is 11.7. The van der Waals surface area contributed by atoms with Crippen molar-refractivity contribution < 1.29 is 9.84 Å². The summed E-state index contributed by atoms with van der Waals surface area (Å²) in [6.45, 7) is 1.79. The molecule has 0 aromatic carbocycles. The van der Waals surface area contributed by atoms with Gasteiger partial charge in [0.1, 0.15) is 5.75 Å². The highest BCUT2D eigenvalue weighted by Crippen LogP contribution is 2.10. The van der Waals surface area contributed by atoms with Gasteiger partial charge >= 0.3 is 0 Å². The Hall–Kier alpha value is -1.13. The second-order valence-electron chi connectivity index (χ2n) is 4.00. The van der Waals surface area contributed by atoms with E-state index in [1.165, 1.54) is 0 Å². The maximum absolute atomic E-state index is 8.63. The maximum Gasteiger partial charge on any atom is 0.137 e. The van der Waals surface area contributed by atoms with Gasteiger partial charge in [0.2, 0.25) is 0 Å². The van der Waals surface area contributed by atoms with E-state index in [9.17, 15) is 0 Å². The summed E-state index contributed by atoms with van der Waals surface area (Å²) in [7, 11) is 1.90. The third-order valence-corrected chi connectivity index (χ3v) is 2.48. The fraction of sp³-hybridized carbons (Fsp3) is 0.615. The second-order valence-corrected chi connectivity index (χ2v) is 4.00. The average molecular weight is 238 g/mol. The van der Waals surface area contributed by atoms with Crippen molar-refractivity contribution in [3.63, 3.8) is 0 Å². The van der Waals surface area contributed by atoms with E-state index in [4.69, 9.17) is 9.84 Å². The number of aromatic nitrogens is 1. The zero-order valence-electron chi connectivity index (χ0n) is 10.5. The molecule has 0 saturated heterocycles. The molecule has 96 valence electrons. The number of rotatable bonds is 9. The molecule has 1 aromatic heterocycles. The molecule has 0 saturated carbocycles. The van der Waals surface area contributed by atoms with Crippen LogP contribution >= 0.6 is 0 Å². The molecular formula is C13H22N2O2. The Morgan fingerprint density at radius 1 is 1.24 bits per heavy atom. The van der Waals surface area contributed by atoms with Crippen LogP contribution in [0.15, 0.2) is 18.3 Å². The first-order valence-electron chi connectivity index (χ1n) is 6.20. The largest absolute Gasteiger partial charge is 0.492 e. The first kappa shape index (κ1) is 13.9. The molecule has 0 atom stereocenters. The molecule has 0 radical (unpaired) electrons. The van der Waals surface area contributed by atoms with Crippen LogP contribution in [0.3, 0.4) is 0 Å². The predicted octanol–water partition coefficient (Wildman–Crippen LogP) is 1.73.